The lowest BCUT2D eigenvalue weighted by Crippen LogP contribution is -1.75. The van der Waals surface area contributed by atoms with Crippen LogP contribution in [0.15, 0.2) is 18.2 Å². The monoisotopic (exact) mass is 285 g/mol. The number of nitriles is 1. The summed E-state index contributed by atoms with van der Waals surface area (Å²) in [7, 11) is 0. The van der Waals surface area contributed by atoms with E-state index in [-0.39, 0.29) is 0 Å². The van der Waals surface area contributed by atoms with Crippen LogP contribution in [0, 0.1) is 11.3 Å². The molecule has 14 heavy (non-hydrogen) atoms. The lowest BCUT2D eigenvalue weighted by molar-refractivity contribution is 1.51. The molecule has 0 fully saturated rings. The van der Waals surface area contributed by atoms with Crippen LogP contribution in [-0.2, 0) is 5.33 Å². The third kappa shape index (κ3) is 1.44. The summed E-state index contributed by atoms with van der Waals surface area (Å²) in [6.45, 7) is 0. The van der Waals surface area contributed by atoms with Crippen LogP contribution in [0.4, 0.5) is 0 Å². The topological polar surface area (TPSA) is 23.8 Å². The highest BCUT2D eigenvalue weighted by Crippen LogP contribution is 2.37. The number of hydrogen-bond donors (Lipinski definition) is 0. The number of thiophene rings is 1. The molecule has 0 radical (unpaired) electrons. The van der Waals surface area contributed by atoms with E-state index in [9.17, 15) is 0 Å². The van der Waals surface area contributed by atoms with E-state index in [1.807, 2.05) is 18.2 Å². The van der Waals surface area contributed by atoms with Gasteiger partial charge in [-0.3, -0.25) is 0 Å². The molecule has 4 heteroatoms. The van der Waals surface area contributed by atoms with Crippen molar-refractivity contribution in [2.45, 2.75) is 5.33 Å². The van der Waals surface area contributed by atoms with Gasteiger partial charge in [-0.05, 0) is 5.56 Å². The molecule has 1 heterocycles. The Labute approximate surface area is 99.0 Å². The third-order valence-corrected chi connectivity index (χ3v) is 4.28. The summed E-state index contributed by atoms with van der Waals surface area (Å²) in [5.41, 5.74) is 1.18. The predicted molar refractivity (Wildman–Crippen MR) is 64.2 cm³/mol. The molecule has 1 aromatic heterocycles. The van der Waals surface area contributed by atoms with Crippen LogP contribution in [0.25, 0.3) is 10.1 Å². The van der Waals surface area contributed by atoms with E-state index in [2.05, 4.69) is 22.0 Å². The van der Waals surface area contributed by atoms with E-state index >= 15 is 0 Å². The second kappa shape index (κ2) is 3.90. The number of fused-ring (bicyclic) bond motifs is 1. The van der Waals surface area contributed by atoms with Crippen molar-refractivity contribution in [1.29, 1.82) is 5.26 Å². The Balaban J connectivity index is 2.85. The summed E-state index contributed by atoms with van der Waals surface area (Å²) in [6.07, 6.45) is 0. The van der Waals surface area contributed by atoms with E-state index in [1.54, 1.807) is 0 Å². The minimum Gasteiger partial charge on any atom is -0.191 e. The zero-order chi connectivity index (χ0) is 10.1. The smallest absolute Gasteiger partial charge is 0.124 e. The van der Waals surface area contributed by atoms with Gasteiger partial charge in [-0.2, -0.15) is 5.26 Å². The average molecular weight is 287 g/mol. The molecule has 0 saturated carbocycles. The molecule has 2 aromatic rings. The van der Waals surface area contributed by atoms with Crippen LogP contribution in [-0.4, -0.2) is 0 Å². The Hall–Kier alpha value is -0.560. The van der Waals surface area contributed by atoms with Gasteiger partial charge >= 0.3 is 0 Å². The largest absolute Gasteiger partial charge is 0.191 e. The highest BCUT2D eigenvalue weighted by Gasteiger charge is 2.11. The quantitative estimate of drug-likeness (QED) is 0.716. The fraction of sp³-hybridized carbons (Fsp3) is 0.100. The van der Waals surface area contributed by atoms with Gasteiger partial charge in [-0.1, -0.05) is 45.7 Å². The van der Waals surface area contributed by atoms with Crippen molar-refractivity contribution < 1.29 is 0 Å². The normalized spacial score (nSPS) is 10.4. The van der Waals surface area contributed by atoms with Gasteiger partial charge in [-0.25, -0.2) is 0 Å². The first-order valence-electron chi connectivity index (χ1n) is 3.94. The number of rotatable bonds is 1. The molecule has 0 atom stereocenters. The predicted octanol–water partition coefficient (Wildman–Crippen LogP) is 4.32. The van der Waals surface area contributed by atoms with Crippen LogP contribution in [0.5, 0.6) is 0 Å². The standard InChI is InChI=1S/C10H5BrClNS/c11-4-6-2-1-3-7-9(12)8(5-13)14-10(6)7/h1-3H,4H2. The van der Waals surface area contributed by atoms with Crippen LogP contribution in [0.3, 0.4) is 0 Å². The summed E-state index contributed by atoms with van der Waals surface area (Å²) in [5, 5.41) is 11.2. The first-order chi connectivity index (χ1) is 6.77. The molecule has 0 aliphatic heterocycles. The highest BCUT2D eigenvalue weighted by atomic mass is 79.9. The van der Waals surface area contributed by atoms with Gasteiger partial charge in [0.15, 0.2) is 0 Å². The maximum absolute atomic E-state index is 8.85. The maximum atomic E-state index is 8.85. The summed E-state index contributed by atoms with van der Waals surface area (Å²) in [4.78, 5) is 0.593. The summed E-state index contributed by atoms with van der Waals surface area (Å²) < 4.78 is 1.10. The minimum absolute atomic E-state index is 0.579. The first-order valence-corrected chi connectivity index (χ1v) is 6.25. The van der Waals surface area contributed by atoms with Crippen molar-refractivity contribution in [3.05, 3.63) is 33.7 Å². The average Bonchev–Trinajstić information content (AvgIpc) is 2.55. The van der Waals surface area contributed by atoms with E-state index in [4.69, 9.17) is 16.9 Å². The lowest BCUT2D eigenvalue weighted by Gasteiger charge is -1.96. The SMILES string of the molecule is N#Cc1sc2c(CBr)cccc2c1Cl. The molecule has 0 aliphatic carbocycles. The van der Waals surface area contributed by atoms with Crippen molar-refractivity contribution in [1.82, 2.24) is 0 Å². The van der Waals surface area contributed by atoms with E-state index < -0.39 is 0 Å². The van der Waals surface area contributed by atoms with Crippen LogP contribution in [0.1, 0.15) is 10.4 Å². The van der Waals surface area contributed by atoms with Gasteiger partial charge in [0.05, 0.1) is 5.02 Å². The van der Waals surface area contributed by atoms with E-state index in [0.717, 1.165) is 15.4 Å². The van der Waals surface area contributed by atoms with Gasteiger partial charge in [0.2, 0.25) is 0 Å². The Kier molecular flexibility index (Phi) is 2.78. The van der Waals surface area contributed by atoms with Gasteiger partial charge < -0.3 is 0 Å². The van der Waals surface area contributed by atoms with E-state index in [0.29, 0.717) is 9.90 Å². The fourth-order valence-electron chi connectivity index (χ4n) is 1.32. The lowest BCUT2D eigenvalue weighted by atomic mass is 10.2. The van der Waals surface area contributed by atoms with E-state index in [1.165, 1.54) is 16.9 Å². The molecule has 0 unspecified atom stereocenters. The van der Waals surface area contributed by atoms with Crippen molar-refractivity contribution in [2.24, 2.45) is 0 Å². The molecular formula is C10H5BrClNS. The molecule has 0 amide bonds. The molecule has 0 aliphatic rings. The molecule has 1 nitrogen and oxygen atoms in total. The number of alkyl halides is 1. The Morgan fingerprint density at radius 2 is 2.29 bits per heavy atom. The van der Waals surface area contributed by atoms with Crippen molar-refractivity contribution in [3.8, 4) is 6.07 Å². The summed E-state index contributed by atoms with van der Waals surface area (Å²) in [5.74, 6) is 0. The molecular weight excluding hydrogens is 282 g/mol. The molecule has 0 spiro atoms. The second-order valence-electron chi connectivity index (χ2n) is 2.78. The van der Waals surface area contributed by atoms with Crippen LogP contribution < -0.4 is 0 Å². The highest BCUT2D eigenvalue weighted by molar-refractivity contribution is 9.08. The van der Waals surface area contributed by atoms with Gasteiger partial charge in [0.1, 0.15) is 10.9 Å². The Bertz CT molecular complexity index is 527. The molecule has 2 rings (SSSR count). The minimum atomic E-state index is 0.579. The number of benzene rings is 1. The summed E-state index contributed by atoms with van der Waals surface area (Å²) >= 11 is 10.9. The third-order valence-electron chi connectivity index (χ3n) is 1.98. The Morgan fingerprint density at radius 3 is 2.93 bits per heavy atom. The molecule has 0 N–H and O–H groups in total. The van der Waals surface area contributed by atoms with Crippen molar-refractivity contribution >= 4 is 49.0 Å². The molecule has 70 valence electrons. The first kappa shape index (κ1) is 9.97. The zero-order valence-electron chi connectivity index (χ0n) is 7.05. The van der Waals surface area contributed by atoms with Gasteiger partial charge in [-0.15, -0.1) is 11.3 Å². The second-order valence-corrected chi connectivity index (χ2v) is 4.74. The van der Waals surface area contributed by atoms with Crippen LogP contribution >= 0.6 is 38.9 Å². The molecule has 0 bridgehead atoms. The van der Waals surface area contributed by atoms with Gasteiger partial charge in [0.25, 0.3) is 0 Å². The number of nitrogens with zero attached hydrogens (tertiary/aromatic N) is 1. The van der Waals surface area contributed by atoms with Crippen LogP contribution in [0.2, 0.25) is 5.02 Å². The Morgan fingerprint density at radius 1 is 1.50 bits per heavy atom. The fourth-order valence-corrected chi connectivity index (χ4v) is 3.35. The van der Waals surface area contributed by atoms with Crippen molar-refractivity contribution in [3.63, 3.8) is 0 Å². The number of hydrogen-bond acceptors (Lipinski definition) is 2. The molecule has 1 aromatic carbocycles. The zero-order valence-corrected chi connectivity index (χ0v) is 10.2. The number of halogens is 2. The van der Waals surface area contributed by atoms with Gasteiger partial charge in [0, 0.05) is 15.4 Å². The van der Waals surface area contributed by atoms with Crippen molar-refractivity contribution in [2.75, 3.05) is 0 Å². The maximum Gasteiger partial charge on any atom is 0.124 e. The summed E-state index contributed by atoms with van der Waals surface area (Å²) in [6, 6.07) is 8.04. The molecule has 0 saturated heterocycles.